The number of rotatable bonds is 6. The fraction of sp³-hybridized carbons (Fsp3) is 0.611. The number of aliphatic hydroxyl groups is 1. The van der Waals surface area contributed by atoms with Crippen LogP contribution in [0, 0.1) is 0 Å². The minimum absolute atomic E-state index is 0.0680. The molecule has 0 radical (unpaired) electrons. The molecule has 1 amide bonds. The summed E-state index contributed by atoms with van der Waals surface area (Å²) in [5.74, 6) is 0. The molecule has 2 atom stereocenters. The van der Waals surface area contributed by atoms with E-state index in [1.165, 1.54) is 0 Å². The summed E-state index contributed by atoms with van der Waals surface area (Å²) in [5.41, 5.74) is 0.166. The molecular weight excluding hydrogens is 308 g/mol. The van der Waals surface area contributed by atoms with Crippen LogP contribution in [0.15, 0.2) is 30.3 Å². The summed E-state index contributed by atoms with van der Waals surface area (Å²) in [6, 6.07) is 9.56. The van der Waals surface area contributed by atoms with Gasteiger partial charge in [-0.15, -0.1) is 0 Å². The van der Waals surface area contributed by atoms with E-state index in [9.17, 15) is 9.90 Å². The first kappa shape index (κ1) is 18.7. The van der Waals surface area contributed by atoms with Crippen molar-refractivity contribution in [2.45, 2.75) is 45.1 Å². The Bertz CT molecular complexity index is 516. The minimum Gasteiger partial charge on any atom is -0.445 e. The molecule has 1 heterocycles. The van der Waals surface area contributed by atoms with E-state index in [0.29, 0.717) is 26.2 Å². The van der Waals surface area contributed by atoms with Gasteiger partial charge in [-0.1, -0.05) is 30.3 Å². The average molecular weight is 336 g/mol. The number of nitrogens with zero attached hydrogens (tertiary/aromatic N) is 1. The van der Waals surface area contributed by atoms with Crippen LogP contribution in [0.1, 0.15) is 26.3 Å². The summed E-state index contributed by atoms with van der Waals surface area (Å²) in [6.45, 7) is 7.81. The predicted octanol–water partition coefficient (Wildman–Crippen LogP) is 1.77. The highest BCUT2D eigenvalue weighted by Crippen LogP contribution is 2.11. The fourth-order valence-electron chi connectivity index (χ4n) is 2.38. The molecule has 0 aliphatic carbocycles. The van der Waals surface area contributed by atoms with Gasteiger partial charge in [0.1, 0.15) is 6.61 Å². The third-order valence-electron chi connectivity index (χ3n) is 4.31. The number of carbonyl (C=O) groups excluding carboxylic acids is 1. The number of ether oxygens (including phenoxy) is 2. The van der Waals surface area contributed by atoms with Gasteiger partial charge in [0.2, 0.25) is 0 Å². The van der Waals surface area contributed by atoms with Gasteiger partial charge in [-0.2, -0.15) is 0 Å². The van der Waals surface area contributed by atoms with E-state index in [1.807, 2.05) is 37.3 Å². The highest BCUT2D eigenvalue weighted by Gasteiger charge is 2.27. The molecule has 134 valence electrons. The van der Waals surface area contributed by atoms with Gasteiger partial charge in [0.05, 0.1) is 24.9 Å². The Balaban J connectivity index is 1.76. The fourth-order valence-corrected chi connectivity index (χ4v) is 2.38. The summed E-state index contributed by atoms with van der Waals surface area (Å²) in [6.07, 6.45) is -0.421. The zero-order valence-corrected chi connectivity index (χ0v) is 14.7. The summed E-state index contributed by atoms with van der Waals surface area (Å²) < 4.78 is 11.1. The van der Waals surface area contributed by atoms with E-state index >= 15 is 0 Å². The third-order valence-corrected chi connectivity index (χ3v) is 4.31. The average Bonchev–Trinajstić information content (AvgIpc) is 2.58. The third kappa shape index (κ3) is 5.78. The van der Waals surface area contributed by atoms with Gasteiger partial charge in [-0.3, -0.25) is 0 Å². The Labute approximate surface area is 143 Å². The second-order valence-electron chi connectivity index (χ2n) is 6.76. The van der Waals surface area contributed by atoms with Crippen molar-refractivity contribution in [2.24, 2.45) is 0 Å². The van der Waals surface area contributed by atoms with Crippen molar-refractivity contribution >= 4 is 6.09 Å². The van der Waals surface area contributed by atoms with Gasteiger partial charge in [0, 0.05) is 19.1 Å². The van der Waals surface area contributed by atoms with Crippen LogP contribution in [0.2, 0.25) is 0 Å². The quantitative estimate of drug-likeness (QED) is 0.828. The minimum atomic E-state index is -0.803. The Morgan fingerprint density at radius 1 is 1.46 bits per heavy atom. The molecule has 1 saturated heterocycles. The first-order valence-corrected chi connectivity index (χ1v) is 8.39. The van der Waals surface area contributed by atoms with E-state index in [2.05, 4.69) is 5.32 Å². The molecule has 6 nitrogen and oxygen atoms in total. The van der Waals surface area contributed by atoms with Gasteiger partial charge >= 0.3 is 6.09 Å². The van der Waals surface area contributed by atoms with E-state index in [1.54, 1.807) is 18.7 Å². The molecule has 0 aromatic heterocycles. The van der Waals surface area contributed by atoms with Crippen LogP contribution in [0.4, 0.5) is 4.79 Å². The van der Waals surface area contributed by atoms with Gasteiger partial charge in [0.25, 0.3) is 0 Å². The normalized spacial score (nSPS) is 19.8. The first-order chi connectivity index (χ1) is 11.4. The molecule has 1 aliphatic heterocycles. The molecule has 2 rings (SSSR count). The Morgan fingerprint density at radius 3 is 2.83 bits per heavy atom. The number of carbonyl (C=O) groups is 1. The number of morpholine rings is 1. The molecule has 0 spiro atoms. The lowest BCUT2D eigenvalue weighted by Gasteiger charge is -2.34. The smallest absolute Gasteiger partial charge is 0.410 e. The zero-order valence-electron chi connectivity index (χ0n) is 14.7. The Morgan fingerprint density at radius 2 is 2.17 bits per heavy atom. The van der Waals surface area contributed by atoms with Crippen molar-refractivity contribution in [2.75, 3.05) is 26.2 Å². The molecule has 1 aliphatic rings. The van der Waals surface area contributed by atoms with Crippen molar-refractivity contribution in [3.8, 4) is 0 Å². The van der Waals surface area contributed by atoms with Gasteiger partial charge in [-0.05, 0) is 26.3 Å². The van der Waals surface area contributed by atoms with Crippen LogP contribution in [0.3, 0.4) is 0 Å². The van der Waals surface area contributed by atoms with Crippen LogP contribution >= 0.6 is 0 Å². The molecule has 2 unspecified atom stereocenters. The number of benzene rings is 1. The van der Waals surface area contributed by atoms with Gasteiger partial charge < -0.3 is 24.8 Å². The standard InChI is InChI=1S/C18H28N2O4/c1-14(18(2,3)22)19-11-16-12-20(9-10-23-16)17(21)24-13-15-7-5-4-6-8-15/h4-8,14,16,19,22H,9-13H2,1-3H3. The second kappa shape index (κ2) is 8.46. The number of hydrogen-bond acceptors (Lipinski definition) is 5. The lowest BCUT2D eigenvalue weighted by molar-refractivity contribution is -0.0328. The highest BCUT2D eigenvalue weighted by atomic mass is 16.6. The van der Waals surface area contributed by atoms with Crippen molar-refractivity contribution in [1.82, 2.24) is 10.2 Å². The summed E-state index contributed by atoms with van der Waals surface area (Å²) in [5, 5.41) is 13.2. The molecule has 2 N–H and O–H groups in total. The van der Waals surface area contributed by atoms with Gasteiger partial charge in [-0.25, -0.2) is 4.79 Å². The number of amides is 1. The molecule has 0 saturated carbocycles. The molecule has 0 bridgehead atoms. The molecular formula is C18H28N2O4. The Hall–Kier alpha value is -1.63. The Kier molecular flexibility index (Phi) is 6.60. The summed E-state index contributed by atoms with van der Waals surface area (Å²) >= 11 is 0. The van der Waals surface area contributed by atoms with Crippen LogP contribution in [0.5, 0.6) is 0 Å². The maximum atomic E-state index is 12.2. The van der Waals surface area contributed by atoms with Gasteiger partial charge in [0.15, 0.2) is 0 Å². The first-order valence-electron chi connectivity index (χ1n) is 8.39. The van der Waals surface area contributed by atoms with E-state index in [-0.39, 0.29) is 24.8 Å². The SMILES string of the molecule is CC(NCC1CN(C(=O)OCc2ccccc2)CCO1)C(C)(C)O. The molecule has 1 aromatic carbocycles. The zero-order chi connectivity index (χ0) is 17.6. The predicted molar refractivity (Wildman–Crippen MR) is 91.7 cm³/mol. The summed E-state index contributed by atoms with van der Waals surface area (Å²) in [7, 11) is 0. The van der Waals surface area contributed by atoms with Crippen molar-refractivity contribution in [1.29, 1.82) is 0 Å². The maximum absolute atomic E-state index is 12.2. The van der Waals surface area contributed by atoms with Crippen molar-refractivity contribution < 1.29 is 19.4 Å². The van der Waals surface area contributed by atoms with E-state index < -0.39 is 5.60 Å². The molecule has 6 heteroatoms. The van der Waals surface area contributed by atoms with Crippen LogP contribution in [0.25, 0.3) is 0 Å². The van der Waals surface area contributed by atoms with Crippen LogP contribution < -0.4 is 5.32 Å². The number of nitrogens with one attached hydrogen (secondary N) is 1. The van der Waals surface area contributed by atoms with E-state index in [0.717, 1.165) is 5.56 Å². The summed E-state index contributed by atoms with van der Waals surface area (Å²) in [4.78, 5) is 13.9. The monoisotopic (exact) mass is 336 g/mol. The highest BCUT2D eigenvalue weighted by molar-refractivity contribution is 5.67. The van der Waals surface area contributed by atoms with Crippen molar-refractivity contribution in [3.63, 3.8) is 0 Å². The maximum Gasteiger partial charge on any atom is 0.410 e. The van der Waals surface area contributed by atoms with Crippen molar-refractivity contribution in [3.05, 3.63) is 35.9 Å². The lowest BCUT2D eigenvalue weighted by Crippen LogP contribution is -2.52. The molecule has 1 fully saturated rings. The second-order valence-corrected chi connectivity index (χ2v) is 6.76. The van der Waals surface area contributed by atoms with E-state index in [4.69, 9.17) is 9.47 Å². The molecule has 24 heavy (non-hydrogen) atoms. The van der Waals surface area contributed by atoms with Crippen LogP contribution in [-0.4, -0.2) is 60.1 Å². The number of hydrogen-bond donors (Lipinski definition) is 2. The van der Waals surface area contributed by atoms with Crippen LogP contribution in [-0.2, 0) is 16.1 Å². The molecule has 1 aromatic rings. The topological polar surface area (TPSA) is 71.0 Å². The lowest BCUT2D eigenvalue weighted by atomic mass is 10.0. The largest absolute Gasteiger partial charge is 0.445 e.